The van der Waals surface area contributed by atoms with Crippen LogP contribution < -0.4 is 10.1 Å². The number of halogens is 3. The van der Waals surface area contributed by atoms with Crippen LogP contribution in [0.4, 0.5) is 5.69 Å². The minimum atomic E-state index is -1.05. The number of nitrogens with one attached hydrogen (secondary N) is 1. The van der Waals surface area contributed by atoms with E-state index in [-0.39, 0.29) is 17.2 Å². The van der Waals surface area contributed by atoms with Gasteiger partial charge in [0.05, 0.1) is 10.6 Å². The lowest BCUT2D eigenvalue weighted by molar-refractivity contribution is 0.0697. The van der Waals surface area contributed by atoms with E-state index in [4.69, 9.17) is 44.6 Å². The average Bonchev–Trinajstić information content (AvgIpc) is 2.66. The molecular formula is C21H16Cl3NO3. The smallest absolute Gasteiger partial charge is 0.337 e. The largest absolute Gasteiger partial charge is 0.489 e. The van der Waals surface area contributed by atoms with Gasteiger partial charge in [-0.25, -0.2) is 4.79 Å². The van der Waals surface area contributed by atoms with Gasteiger partial charge in [0.2, 0.25) is 0 Å². The van der Waals surface area contributed by atoms with E-state index in [9.17, 15) is 4.79 Å². The quantitative estimate of drug-likeness (QED) is 0.442. The van der Waals surface area contributed by atoms with Crippen LogP contribution in [0.3, 0.4) is 0 Å². The van der Waals surface area contributed by atoms with Crippen molar-refractivity contribution < 1.29 is 14.6 Å². The minimum absolute atomic E-state index is 0.0762. The Hall–Kier alpha value is -2.40. The topological polar surface area (TPSA) is 58.6 Å². The van der Waals surface area contributed by atoms with E-state index >= 15 is 0 Å². The van der Waals surface area contributed by atoms with Crippen LogP contribution in [0.1, 0.15) is 21.5 Å². The molecule has 0 spiro atoms. The molecular weight excluding hydrogens is 421 g/mol. The van der Waals surface area contributed by atoms with Crippen molar-refractivity contribution in [1.29, 1.82) is 0 Å². The number of hydrogen-bond acceptors (Lipinski definition) is 3. The molecule has 0 aromatic heterocycles. The molecule has 7 heteroatoms. The summed E-state index contributed by atoms with van der Waals surface area (Å²) in [6.45, 7) is 0.837. The van der Waals surface area contributed by atoms with E-state index in [1.54, 1.807) is 30.3 Å². The molecule has 0 unspecified atom stereocenters. The summed E-state index contributed by atoms with van der Waals surface area (Å²) in [6, 6.07) is 17.7. The molecule has 0 heterocycles. The molecule has 0 aliphatic heterocycles. The second kappa shape index (κ2) is 9.20. The molecule has 0 saturated heterocycles. The molecule has 3 aromatic carbocycles. The van der Waals surface area contributed by atoms with Gasteiger partial charge in [-0.15, -0.1) is 0 Å². The van der Waals surface area contributed by atoms with Gasteiger partial charge in [0.1, 0.15) is 12.4 Å². The first-order chi connectivity index (χ1) is 13.4. The summed E-state index contributed by atoms with van der Waals surface area (Å²) in [7, 11) is 0. The summed E-state index contributed by atoms with van der Waals surface area (Å²) in [5.74, 6) is -0.348. The van der Waals surface area contributed by atoms with E-state index < -0.39 is 5.97 Å². The van der Waals surface area contributed by atoms with Crippen LogP contribution in [0, 0.1) is 0 Å². The van der Waals surface area contributed by atoms with E-state index in [0.717, 1.165) is 16.8 Å². The van der Waals surface area contributed by atoms with Gasteiger partial charge in [-0.05, 0) is 48.0 Å². The lowest BCUT2D eigenvalue weighted by atomic mass is 10.2. The van der Waals surface area contributed by atoms with E-state index in [2.05, 4.69) is 5.32 Å². The third-order valence-electron chi connectivity index (χ3n) is 4.06. The zero-order chi connectivity index (χ0) is 20.1. The second-order valence-corrected chi connectivity index (χ2v) is 7.21. The van der Waals surface area contributed by atoms with Gasteiger partial charge in [-0.2, -0.15) is 0 Å². The SMILES string of the molecule is O=C(O)c1ccc(NCc2ccc(OCc3c(Cl)cccc3Cl)cc2)cc1Cl. The summed E-state index contributed by atoms with van der Waals surface area (Å²) >= 11 is 18.3. The van der Waals surface area contributed by atoms with E-state index in [1.807, 2.05) is 24.3 Å². The fourth-order valence-electron chi connectivity index (χ4n) is 2.53. The van der Waals surface area contributed by atoms with Crippen molar-refractivity contribution in [2.45, 2.75) is 13.2 Å². The number of carboxylic acids is 1. The minimum Gasteiger partial charge on any atom is -0.489 e. The fourth-order valence-corrected chi connectivity index (χ4v) is 3.30. The van der Waals surface area contributed by atoms with Crippen LogP contribution >= 0.6 is 34.8 Å². The molecule has 144 valence electrons. The second-order valence-electron chi connectivity index (χ2n) is 5.99. The maximum Gasteiger partial charge on any atom is 0.337 e. The van der Waals surface area contributed by atoms with Gasteiger partial charge in [0.15, 0.2) is 0 Å². The number of aromatic carboxylic acids is 1. The van der Waals surface area contributed by atoms with Crippen LogP contribution in [0.25, 0.3) is 0 Å². The number of carbonyl (C=O) groups is 1. The molecule has 3 aromatic rings. The standard InChI is InChI=1S/C21H16Cl3NO3/c22-18-2-1-3-19(23)17(18)12-28-15-7-4-13(5-8-15)11-25-14-6-9-16(21(26)27)20(24)10-14/h1-10,25H,11-12H2,(H,26,27). The Labute approximate surface area is 177 Å². The zero-order valence-electron chi connectivity index (χ0n) is 14.6. The van der Waals surface area contributed by atoms with Crippen LogP contribution in [-0.2, 0) is 13.2 Å². The van der Waals surface area contributed by atoms with Gasteiger partial charge in [0, 0.05) is 27.8 Å². The van der Waals surface area contributed by atoms with Crippen LogP contribution in [0.15, 0.2) is 60.7 Å². The Morgan fingerprint density at radius 3 is 2.21 bits per heavy atom. The Kier molecular flexibility index (Phi) is 6.68. The van der Waals surface area contributed by atoms with Crippen LogP contribution in [0.2, 0.25) is 15.1 Å². The number of anilines is 1. The van der Waals surface area contributed by atoms with Crippen LogP contribution in [-0.4, -0.2) is 11.1 Å². The molecule has 0 amide bonds. The third kappa shape index (κ3) is 5.10. The van der Waals surface area contributed by atoms with Crippen molar-refractivity contribution in [1.82, 2.24) is 0 Å². The summed E-state index contributed by atoms with van der Waals surface area (Å²) in [6.07, 6.45) is 0. The third-order valence-corrected chi connectivity index (χ3v) is 5.09. The first-order valence-electron chi connectivity index (χ1n) is 8.35. The van der Waals surface area contributed by atoms with E-state index in [0.29, 0.717) is 22.3 Å². The van der Waals surface area contributed by atoms with Gasteiger partial charge in [0.25, 0.3) is 0 Å². The molecule has 4 nitrogen and oxygen atoms in total. The Morgan fingerprint density at radius 2 is 1.61 bits per heavy atom. The molecule has 3 rings (SSSR count). The van der Waals surface area contributed by atoms with Crippen LogP contribution in [0.5, 0.6) is 5.75 Å². The molecule has 28 heavy (non-hydrogen) atoms. The first-order valence-corrected chi connectivity index (χ1v) is 9.49. The number of hydrogen-bond donors (Lipinski definition) is 2. The van der Waals surface area contributed by atoms with Crippen molar-refractivity contribution >= 4 is 46.5 Å². The maximum absolute atomic E-state index is 11.0. The molecule has 2 N–H and O–H groups in total. The number of ether oxygens (including phenoxy) is 1. The number of carboxylic acid groups (broad SMARTS) is 1. The predicted molar refractivity (Wildman–Crippen MR) is 113 cm³/mol. The fraction of sp³-hybridized carbons (Fsp3) is 0.0952. The van der Waals surface area contributed by atoms with Gasteiger partial charge in [-0.1, -0.05) is 53.0 Å². The average molecular weight is 437 g/mol. The van der Waals surface area contributed by atoms with Crippen molar-refractivity contribution in [2.24, 2.45) is 0 Å². The molecule has 0 aliphatic rings. The highest BCUT2D eigenvalue weighted by molar-refractivity contribution is 6.36. The molecule has 0 radical (unpaired) electrons. The lowest BCUT2D eigenvalue weighted by Crippen LogP contribution is -2.02. The van der Waals surface area contributed by atoms with Crippen molar-refractivity contribution in [3.05, 3.63) is 92.4 Å². The van der Waals surface area contributed by atoms with Gasteiger partial charge >= 0.3 is 5.97 Å². The highest BCUT2D eigenvalue weighted by atomic mass is 35.5. The van der Waals surface area contributed by atoms with E-state index in [1.165, 1.54) is 6.07 Å². The summed E-state index contributed by atoms with van der Waals surface area (Å²) in [5, 5.41) is 13.5. The lowest BCUT2D eigenvalue weighted by Gasteiger charge is -2.11. The molecule has 0 saturated carbocycles. The summed E-state index contributed by atoms with van der Waals surface area (Å²) in [5.41, 5.74) is 2.59. The van der Waals surface area contributed by atoms with Gasteiger partial charge < -0.3 is 15.2 Å². The Morgan fingerprint density at radius 1 is 0.929 bits per heavy atom. The van der Waals surface area contributed by atoms with Gasteiger partial charge in [-0.3, -0.25) is 0 Å². The summed E-state index contributed by atoms with van der Waals surface area (Å²) < 4.78 is 5.76. The highest BCUT2D eigenvalue weighted by Gasteiger charge is 2.09. The monoisotopic (exact) mass is 435 g/mol. The normalized spacial score (nSPS) is 10.5. The molecule has 0 aliphatic carbocycles. The number of rotatable bonds is 7. The van der Waals surface area contributed by atoms with Crippen molar-refractivity contribution in [2.75, 3.05) is 5.32 Å². The number of benzene rings is 3. The zero-order valence-corrected chi connectivity index (χ0v) is 16.9. The Balaban J connectivity index is 1.57. The van der Waals surface area contributed by atoms with Crippen molar-refractivity contribution in [3.63, 3.8) is 0 Å². The first kappa shape index (κ1) is 20.3. The molecule has 0 bridgehead atoms. The summed E-state index contributed by atoms with van der Waals surface area (Å²) in [4.78, 5) is 11.0. The predicted octanol–water partition coefficient (Wildman–Crippen LogP) is 6.54. The molecule has 0 atom stereocenters. The molecule has 0 fully saturated rings. The Bertz CT molecular complexity index is 970. The van der Waals surface area contributed by atoms with Crippen molar-refractivity contribution in [3.8, 4) is 5.75 Å². The maximum atomic E-state index is 11.0. The highest BCUT2D eigenvalue weighted by Crippen LogP contribution is 2.26.